The smallest absolute Gasteiger partial charge is 0.134 e. The van der Waals surface area contributed by atoms with E-state index in [-0.39, 0.29) is 0 Å². The van der Waals surface area contributed by atoms with E-state index in [2.05, 4.69) is 32.4 Å². The summed E-state index contributed by atoms with van der Waals surface area (Å²) >= 11 is 0. The molecule has 1 aromatic rings. The van der Waals surface area contributed by atoms with E-state index in [1.54, 1.807) is 0 Å². The van der Waals surface area contributed by atoms with Crippen molar-refractivity contribution in [3.05, 3.63) is 11.9 Å². The lowest BCUT2D eigenvalue weighted by Gasteiger charge is -2.24. The third kappa shape index (κ3) is 4.06. The normalized spacial score (nSPS) is 19.2. The number of hydrogen-bond acceptors (Lipinski definition) is 5. The third-order valence-electron chi connectivity index (χ3n) is 3.63. The first kappa shape index (κ1) is 14.1. The predicted octanol–water partition coefficient (Wildman–Crippen LogP) is 1.80. The van der Waals surface area contributed by atoms with Gasteiger partial charge in [-0.2, -0.15) is 0 Å². The molecular weight excluding hydrogens is 238 g/mol. The predicted molar refractivity (Wildman–Crippen MR) is 79.8 cm³/mol. The topological polar surface area (TPSA) is 53.1 Å². The summed E-state index contributed by atoms with van der Waals surface area (Å²) < 4.78 is 0. The van der Waals surface area contributed by atoms with Gasteiger partial charge in [0.05, 0.1) is 0 Å². The maximum absolute atomic E-state index is 4.46. The SMILES string of the molecule is CCN(C)c1cc(NCC2CCCCN2)nc(C)n1. The Morgan fingerprint density at radius 3 is 2.95 bits per heavy atom. The molecule has 5 heteroatoms. The van der Waals surface area contributed by atoms with Crippen molar-refractivity contribution in [3.8, 4) is 0 Å². The van der Waals surface area contributed by atoms with Gasteiger partial charge in [-0.1, -0.05) is 6.42 Å². The minimum absolute atomic E-state index is 0.566. The van der Waals surface area contributed by atoms with E-state index in [1.807, 2.05) is 20.0 Å². The lowest BCUT2D eigenvalue weighted by molar-refractivity contribution is 0.414. The molecule has 5 nitrogen and oxygen atoms in total. The van der Waals surface area contributed by atoms with E-state index in [0.29, 0.717) is 6.04 Å². The molecule has 0 amide bonds. The van der Waals surface area contributed by atoms with Crippen LogP contribution in [0, 0.1) is 6.92 Å². The average Bonchev–Trinajstić information content (AvgIpc) is 2.45. The number of anilines is 2. The summed E-state index contributed by atoms with van der Waals surface area (Å²) in [5.41, 5.74) is 0. The van der Waals surface area contributed by atoms with E-state index >= 15 is 0 Å². The van der Waals surface area contributed by atoms with Crippen LogP contribution in [-0.4, -0.2) is 42.7 Å². The molecular formula is C14H25N5. The van der Waals surface area contributed by atoms with E-state index in [1.165, 1.54) is 19.3 Å². The minimum atomic E-state index is 0.566. The molecule has 1 atom stereocenters. The Kier molecular flexibility index (Phi) is 4.96. The van der Waals surface area contributed by atoms with Crippen molar-refractivity contribution < 1.29 is 0 Å². The molecule has 2 heterocycles. The van der Waals surface area contributed by atoms with Crippen LogP contribution in [0.25, 0.3) is 0 Å². The van der Waals surface area contributed by atoms with Gasteiger partial charge >= 0.3 is 0 Å². The zero-order chi connectivity index (χ0) is 13.7. The van der Waals surface area contributed by atoms with Crippen molar-refractivity contribution in [1.29, 1.82) is 0 Å². The zero-order valence-corrected chi connectivity index (χ0v) is 12.2. The monoisotopic (exact) mass is 263 g/mol. The summed E-state index contributed by atoms with van der Waals surface area (Å²) in [6, 6.07) is 2.59. The van der Waals surface area contributed by atoms with Gasteiger partial charge < -0.3 is 15.5 Å². The van der Waals surface area contributed by atoms with Gasteiger partial charge in [0.2, 0.25) is 0 Å². The fourth-order valence-electron chi connectivity index (χ4n) is 2.33. The summed E-state index contributed by atoms with van der Waals surface area (Å²) in [4.78, 5) is 11.0. The van der Waals surface area contributed by atoms with Gasteiger partial charge in [-0.25, -0.2) is 9.97 Å². The lowest BCUT2D eigenvalue weighted by Crippen LogP contribution is -2.39. The van der Waals surface area contributed by atoms with Crippen molar-refractivity contribution in [3.63, 3.8) is 0 Å². The first-order chi connectivity index (χ1) is 9.19. The molecule has 1 aliphatic rings. The van der Waals surface area contributed by atoms with Crippen molar-refractivity contribution in [2.24, 2.45) is 0 Å². The molecule has 0 aromatic carbocycles. The Morgan fingerprint density at radius 1 is 1.42 bits per heavy atom. The number of aryl methyl sites for hydroxylation is 1. The fraction of sp³-hybridized carbons (Fsp3) is 0.714. The van der Waals surface area contributed by atoms with Gasteiger partial charge in [-0.3, -0.25) is 0 Å². The van der Waals surface area contributed by atoms with Crippen LogP contribution in [0.1, 0.15) is 32.0 Å². The Morgan fingerprint density at radius 2 is 2.26 bits per heavy atom. The molecule has 1 saturated heterocycles. The number of piperidine rings is 1. The largest absolute Gasteiger partial charge is 0.368 e. The zero-order valence-electron chi connectivity index (χ0n) is 12.2. The molecule has 0 aliphatic carbocycles. The molecule has 2 rings (SSSR count). The summed E-state index contributed by atoms with van der Waals surface area (Å²) in [5, 5.41) is 6.97. The Labute approximate surface area is 115 Å². The Hall–Kier alpha value is -1.36. The summed E-state index contributed by atoms with van der Waals surface area (Å²) in [6.07, 6.45) is 3.87. The average molecular weight is 263 g/mol. The Balaban J connectivity index is 1.97. The summed E-state index contributed by atoms with van der Waals surface area (Å²) in [6.45, 7) is 7.08. The summed E-state index contributed by atoms with van der Waals surface area (Å²) in [5.74, 6) is 2.72. The maximum atomic E-state index is 4.46. The second-order valence-corrected chi connectivity index (χ2v) is 5.20. The number of rotatable bonds is 5. The van der Waals surface area contributed by atoms with Gasteiger partial charge in [0.15, 0.2) is 0 Å². The van der Waals surface area contributed by atoms with Gasteiger partial charge in [0.25, 0.3) is 0 Å². The number of aromatic nitrogens is 2. The van der Waals surface area contributed by atoms with Crippen LogP contribution in [0.15, 0.2) is 6.07 Å². The molecule has 0 spiro atoms. The van der Waals surface area contributed by atoms with Crippen LogP contribution in [0.5, 0.6) is 0 Å². The quantitative estimate of drug-likeness (QED) is 0.848. The van der Waals surface area contributed by atoms with Crippen LogP contribution < -0.4 is 15.5 Å². The van der Waals surface area contributed by atoms with Crippen molar-refractivity contribution in [1.82, 2.24) is 15.3 Å². The molecule has 1 unspecified atom stereocenters. The highest BCUT2D eigenvalue weighted by atomic mass is 15.2. The molecule has 2 N–H and O–H groups in total. The van der Waals surface area contributed by atoms with Gasteiger partial charge in [0, 0.05) is 32.2 Å². The molecule has 1 aromatic heterocycles. The highest BCUT2D eigenvalue weighted by Gasteiger charge is 2.12. The van der Waals surface area contributed by atoms with Crippen LogP contribution in [0.2, 0.25) is 0 Å². The number of hydrogen-bond donors (Lipinski definition) is 2. The second-order valence-electron chi connectivity index (χ2n) is 5.20. The summed E-state index contributed by atoms with van der Waals surface area (Å²) in [7, 11) is 2.05. The maximum Gasteiger partial charge on any atom is 0.134 e. The molecule has 1 fully saturated rings. The van der Waals surface area contributed by atoms with E-state index in [4.69, 9.17) is 0 Å². The first-order valence-electron chi connectivity index (χ1n) is 7.23. The first-order valence-corrected chi connectivity index (χ1v) is 7.23. The van der Waals surface area contributed by atoms with Gasteiger partial charge in [-0.15, -0.1) is 0 Å². The van der Waals surface area contributed by atoms with E-state index in [9.17, 15) is 0 Å². The highest BCUT2D eigenvalue weighted by Crippen LogP contribution is 2.15. The highest BCUT2D eigenvalue weighted by molar-refractivity contribution is 5.48. The fourth-order valence-corrected chi connectivity index (χ4v) is 2.33. The van der Waals surface area contributed by atoms with Crippen LogP contribution in [0.4, 0.5) is 11.6 Å². The van der Waals surface area contributed by atoms with Crippen molar-refractivity contribution >= 4 is 11.6 Å². The van der Waals surface area contributed by atoms with E-state index < -0.39 is 0 Å². The molecule has 106 valence electrons. The number of nitrogens with one attached hydrogen (secondary N) is 2. The van der Waals surface area contributed by atoms with Gasteiger partial charge in [0.1, 0.15) is 17.5 Å². The number of nitrogens with zero attached hydrogens (tertiary/aromatic N) is 3. The molecule has 0 bridgehead atoms. The van der Waals surface area contributed by atoms with Gasteiger partial charge in [-0.05, 0) is 33.2 Å². The standard InChI is InChI=1S/C14H25N5/c1-4-19(3)14-9-13(17-11(2)18-14)16-10-12-7-5-6-8-15-12/h9,12,15H,4-8,10H2,1-3H3,(H,16,17,18). The van der Waals surface area contributed by atoms with Crippen LogP contribution in [-0.2, 0) is 0 Å². The van der Waals surface area contributed by atoms with Crippen LogP contribution >= 0.6 is 0 Å². The molecule has 0 radical (unpaired) electrons. The molecule has 1 aliphatic heterocycles. The Bertz CT molecular complexity index is 401. The second kappa shape index (κ2) is 6.70. The van der Waals surface area contributed by atoms with Crippen molar-refractivity contribution in [2.75, 3.05) is 36.9 Å². The lowest BCUT2D eigenvalue weighted by atomic mass is 10.1. The van der Waals surface area contributed by atoms with Crippen molar-refractivity contribution in [2.45, 2.75) is 39.2 Å². The minimum Gasteiger partial charge on any atom is -0.368 e. The molecule has 0 saturated carbocycles. The molecule has 19 heavy (non-hydrogen) atoms. The third-order valence-corrected chi connectivity index (χ3v) is 3.63. The van der Waals surface area contributed by atoms with Crippen LogP contribution in [0.3, 0.4) is 0 Å². The van der Waals surface area contributed by atoms with E-state index in [0.717, 1.165) is 37.1 Å².